The molecule has 1 heterocycles. The molecule has 1 aromatic rings. The van der Waals surface area contributed by atoms with Gasteiger partial charge in [0.2, 0.25) is 0 Å². The van der Waals surface area contributed by atoms with Gasteiger partial charge < -0.3 is 17.2 Å². The summed E-state index contributed by atoms with van der Waals surface area (Å²) >= 11 is 0. The van der Waals surface area contributed by atoms with Crippen molar-refractivity contribution in [2.45, 2.75) is 13.0 Å². The summed E-state index contributed by atoms with van der Waals surface area (Å²) in [5.41, 5.74) is 17.4. The molecule has 0 fully saturated rings. The molecule has 0 aliphatic rings. The van der Waals surface area contributed by atoms with Crippen LogP contribution in [0.3, 0.4) is 0 Å². The number of rotatable bonds is 1. The number of nitrogens with two attached hydrogens (primary N) is 3. The third-order valence-electron chi connectivity index (χ3n) is 1.41. The lowest BCUT2D eigenvalue weighted by atomic mass is 10.1. The first-order valence-corrected chi connectivity index (χ1v) is 3.38. The van der Waals surface area contributed by atoms with Gasteiger partial charge in [0.15, 0.2) is 0 Å². The smallest absolute Gasteiger partial charge is 0.126 e. The highest BCUT2D eigenvalue weighted by molar-refractivity contribution is 5.44. The van der Waals surface area contributed by atoms with Gasteiger partial charge in [-0.3, -0.25) is 0 Å². The van der Waals surface area contributed by atoms with Gasteiger partial charge in [-0.05, 0) is 24.6 Å². The van der Waals surface area contributed by atoms with Crippen LogP contribution >= 0.6 is 0 Å². The summed E-state index contributed by atoms with van der Waals surface area (Å²) in [6.07, 6.45) is 0. The SMILES string of the molecule is C[C@@H](N)c1cc(N)nc(N)c1. The van der Waals surface area contributed by atoms with Crippen molar-refractivity contribution in [2.75, 3.05) is 11.5 Å². The van der Waals surface area contributed by atoms with Crippen molar-refractivity contribution in [1.29, 1.82) is 0 Å². The standard InChI is InChI=1S/C7H12N4/c1-4(8)5-2-6(9)11-7(10)3-5/h2-4H,8H2,1H3,(H4,9,10,11)/t4-/m1/s1. The van der Waals surface area contributed by atoms with E-state index in [1.54, 1.807) is 12.1 Å². The molecule has 0 radical (unpaired) electrons. The fourth-order valence-electron chi connectivity index (χ4n) is 0.860. The van der Waals surface area contributed by atoms with Crippen LogP contribution in [0.4, 0.5) is 11.6 Å². The maximum absolute atomic E-state index is 5.61. The molecular formula is C7H12N4. The lowest BCUT2D eigenvalue weighted by molar-refractivity contribution is 0.817. The number of hydrogen-bond donors (Lipinski definition) is 3. The second-order valence-corrected chi connectivity index (χ2v) is 2.54. The first kappa shape index (κ1) is 7.81. The van der Waals surface area contributed by atoms with E-state index in [1.807, 2.05) is 6.92 Å². The van der Waals surface area contributed by atoms with Crippen LogP contribution in [0, 0.1) is 0 Å². The molecule has 1 rings (SSSR count). The minimum atomic E-state index is -0.0531. The summed E-state index contributed by atoms with van der Waals surface area (Å²) < 4.78 is 0. The zero-order chi connectivity index (χ0) is 8.43. The third-order valence-corrected chi connectivity index (χ3v) is 1.41. The minimum absolute atomic E-state index is 0.0531. The number of nitrogen functional groups attached to an aromatic ring is 2. The lowest BCUT2D eigenvalue weighted by Crippen LogP contribution is -2.07. The summed E-state index contributed by atoms with van der Waals surface area (Å²) in [5, 5.41) is 0. The van der Waals surface area contributed by atoms with Crippen LogP contribution < -0.4 is 17.2 Å². The molecule has 11 heavy (non-hydrogen) atoms. The molecule has 4 nitrogen and oxygen atoms in total. The van der Waals surface area contributed by atoms with Gasteiger partial charge in [-0.2, -0.15) is 0 Å². The Labute approximate surface area is 65.4 Å². The van der Waals surface area contributed by atoms with E-state index >= 15 is 0 Å². The zero-order valence-corrected chi connectivity index (χ0v) is 6.41. The van der Waals surface area contributed by atoms with Gasteiger partial charge in [0.1, 0.15) is 11.6 Å². The van der Waals surface area contributed by atoms with E-state index in [-0.39, 0.29) is 6.04 Å². The van der Waals surface area contributed by atoms with Gasteiger partial charge in [0.25, 0.3) is 0 Å². The van der Waals surface area contributed by atoms with Gasteiger partial charge in [0, 0.05) is 6.04 Å². The van der Waals surface area contributed by atoms with Crippen LogP contribution in [-0.4, -0.2) is 4.98 Å². The molecule has 6 N–H and O–H groups in total. The third kappa shape index (κ3) is 1.81. The molecule has 0 spiro atoms. The number of aromatic nitrogens is 1. The van der Waals surface area contributed by atoms with Gasteiger partial charge in [-0.15, -0.1) is 0 Å². The van der Waals surface area contributed by atoms with Crippen LogP contribution in [-0.2, 0) is 0 Å². The second-order valence-electron chi connectivity index (χ2n) is 2.54. The van der Waals surface area contributed by atoms with Gasteiger partial charge in [-0.25, -0.2) is 4.98 Å². The molecule has 0 aliphatic carbocycles. The van der Waals surface area contributed by atoms with Gasteiger partial charge >= 0.3 is 0 Å². The highest BCUT2D eigenvalue weighted by Crippen LogP contribution is 2.14. The molecule has 0 aliphatic heterocycles. The Hall–Kier alpha value is -1.29. The molecule has 4 heteroatoms. The molecule has 60 valence electrons. The summed E-state index contributed by atoms with van der Waals surface area (Å²) in [4.78, 5) is 3.82. The number of anilines is 2. The van der Waals surface area contributed by atoms with Crippen molar-refractivity contribution in [3.05, 3.63) is 17.7 Å². The Kier molecular flexibility index (Phi) is 1.96. The zero-order valence-electron chi connectivity index (χ0n) is 6.41. The fraction of sp³-hybridized carbons (Fsp3) is 0.286. The first-order valence-electron chi connectivity index (χ1n) is 3.38. The Morgan fingerprint density at radius 1 is 1.27 bits per heavy atom. The summed E-state index contributed by atoms with van der Waals surface area (Å²) in [7, 11) is 0. The topological polar surface area (TPSA) is 91.0 Å². The van der Waals surface area contributed by atoms with E-state index in [0.717, 1.165) is 5.56 Å². The summed E-state index contributed by atoms with van der Waals surface area (Å²) in [6, 6.07) is 3.39. The Morgan fingerprint density at radius 2 is 1.73 bits per heavy atom. The molecule has 0 unspecified atom stereocenters. The van der Waals surface area contributed by atoms with Crippen LogP contribution in [0.1, 0.15) is 18.5 Å². The Balaban J connectivity index is 3.08. The monoisotopic (exact) mass is 152 g/mol. The Bertz CT molecular complexity index is 236. The minimum Gasteiger partial charge on any atom is -0.384 e. The molecule has 0 amide bonds. The van der Waals surface area contributed by atoms with E-state index in [4.69, 9.17) is 17.2 Å². The molecule has 0 bridgehead atoms. The van der Waals surface area contributed by atoms with Crippen molar-refractivity contribution < 1.29 is 0 Å². The fourth-order valence-corrected chi connectivity index (χ4v) is 0.860. The van der Waals surface area contributed by atoms with Gasteiger partial charge in [0.05, 0.1) is 0 Å². The molecule has 1 aromatic heterocycles. The quantitative estimate of drug-likeness (QED) is 0.538. The van der Waals surface area contributed by atoms with E-state index in [2.05, 4.69) is 4.98 Å². The highest BCUT2D eigenvalue weighted by atomic mass is 14.9. The summed E-state index contributed by atoms with van der Waals surface area (Å²) in [5.74, 6) is 0.828. The van der Waals surface area contributed by atoms with Crippen molar-refractivity contribution in [3.8, 4) is 0 Å². The van der Waals surface area contributed by atoms with Crippen LogP contribution in [0.2, 0.25) is 0 Å². The number of nitrogens with zero attached hydrogens (tertiary/aromatic N) is 1. The largest absolute Gasteiger partial charge is 0.384 e. The van der Waals surface area contributed by atoms with Crippen LogP contribution in [0.25, 0.3) is 0 Å². The van der Waals surface area contributed by atoms with Crippen molar-refractivity contribution in [3.63, 3.8) is 0 Å². The predicted molar refractivity (Wildman–Crippen MR) is 45.7 cm³/mol. The van der Waals surface area contributed by atoms with Gasteiger partial charge in [-0.1, -0.05) is 0 Å². The van der Waals surface area contributed by atoms with E-state index in [0.29, 0.717) is 11.6 Å². The van der Waals surface area contributed by atoms with E-state index in [9.17, 15) is 0 Å². The van der Waals surface area contributed by atoms with Crippen molar-refractivity contribution in [1.82, 2.24) is 4.98 Å². The van der Waals surface area contributed by atoms with E-state index in [1.165, 1.54) is 0 Å². The number of pyridine rings is 1. The molecule has 1 atom stereocenters. The Morgan fingerprint density at radius 3 is 2.09 bits per heavy atom. The maximum Gasteiger partial charge on any atom is 0.126 e. The number of hydrogen-bond acceptors (Lipinski definition) is 4. The van der Waals surface area contributed by atoms with Crippen molar-refractivity contribution >= 4 is 11.6 Å². The first-order chi connectivity index (χ1) is 5.09. The molecular weight excluding hydrogens is 140 g/mol. The average molecular weight is 152 g/mol. The lowest BCUT2D eigenvalue weighted by Gasteiger charge is -2.06. The molecule has 0 saturated heterocycles. The van der Waals surface area contributed by atoms with E-state index < -0.39 is 0 Å². The second kappa shape index (κ2) is 2.75. The predicted octanol–water partition coefficient (Wildman–Crippen LogP) is 0.266. The molecule has 0 saturated carbocycles. The maximum atomic E-state index is 5.61. The highest BCUT2D eigenvalue weighted by Gasteiger charge is 2.01. The van der Waals surface area contributed by atoms with Crippen LogP contribution in [0.15, 0.2) is 12.1 Å². The van der Waals surface area contributed by atoms with Crippen LogP contribution in [0.5, 0.6) is 0 Å². The average Bonchev–Trinajstić information content (AvgIpc) is 1.85. The normalized spacial score (nSPS) is 12.9. The molecule has 0 aromatic carbocycles. The summed E-state index contributed by atoms with van der Waals surface area (Å²) in [6.45, 7) is 1.87. The van der Waals surface area contributed by atoms with Crippen molar-refractivity contribution in [2.24, 2.45) is 5.73 Å².